The summed E-state index contributed by atoms with van der Waals surface area (Å²) in [5.74, 6) is 0. The average Bonchev–Trinajstić information content (AvgIpc) is 1.35. The van der Waals surface area contributed by atoms with Crippen molar-refractivity contribution in [1.29, 1.82) is 0 Å². The number of hydroxylamine groups is 1. The first kappa shape index (κ1) is 5.16. The molecule has 0 fully saturated rings. The molecule has 0 saturated carbocycles. The maximum Gasteiger partial charge on any atom is 0.338 e. The van der Waals surface area contributed by atoms with Crippen molar-refractivity contribution in [2.45, 2.75) is 0 Å². The van der Waals surface area contributed by atoms with E-state index in [1.54, 1.807) is 0 Å². The number of hydrogen-bond acceptors (Lipinski definition) is 2. The van der Waals surface area contributed by atoms with Crippen molar-refractivity contribution in [3.63, 3.8) is 0 Å². The molecule has 0 unspecified atom stereocenters. The minimum atomic E-state index is -1.06. The van der Waals surface area contributed by atoms with Gasteiger partial charge in [0.2, 0.25) is 0 Å². The fourth-order valence-electron chi connectivity index (χ4n) is 0.0380. The molecule has 5 heteroatoms. The molecular formula is CH3FN2O2. The predicted octanol–water partition coefficient (Wildman–Crippen LogP) is -0.529. The SMILES string of the molecule is NC(=O)NOF. The Morgan fingerprint density at radius 1 is 2.00 bits per heavy atom. The van der Waals surface area contributed by atoms with Gasteiger partial charge in [-0.25, -0.2) is 4.79 Å². The summed E-state index contributed by atoms with van der Waals surface area (Å²) in [6.45, 7) is 0. The number of hydrogen-bond donors (Lipinski definition) is 2. The van der Waals surface area contributed by atoms with Gasteiger partial charge in [0.25, 0.3) is 0 Å². The number of carbonyl (C=O) groups is 1. The second-order valence-corrected chi connectivity index (χ2v) is 0.543. The van der Waals surface area contributed by atoms with E-state index in [1.165, 1.54) is 5.48 Å². The first-order valence-electron chi connectivity index (χ1n) is 1.10. The minimum Gasteiger partial charge on any atom is -0.350 e. The highest BCUT2D eigenvalue weighted by Crippen LogP contribution is 1.58. The van der Waals surface area contributed by atoms with Gasteiger partial charge in [-0.2, -0.15) is 5.48 Å². The van der Waals surface area contributed by atoms with Crippen molar-refractivity contribution in [2.24, 2.45) is 5.73 Å². The fourth-order valence-corrected chi connectivity index (χ4v) is 0.0380. The molecule has 0 heterocycles. The van der Waals surface area contributed by atoms with Gasteiger partial charge in [0.15, 0.2) is 0 Å². The molecule has 0 aromatic rings. The van der Waals surface area contributed by atoms with Gasteiger partial charge in [-0.1, -0.05) is 5.04 Å². The Bertz CT molecular complexity index is 55.5. The van der Waals surface area contributed by atoms with Crippen LogP contribution >= 0.6 is 0 Å². The van der Waals surface area contributed by atoms with E-state index in [4.69, 9.17) is 0 Å². The highest BCUT2D eigenvalue weighted by molar-refractivity contribution is 5.70. The lowest BCUT2D eigenvalue weighted by Crippen LogP contribution is -2.26. The third kappa shape index (κ3) is 3.16. The first-order valence-corrected chi connectivity index (χ1v) is 1.10. The Morgan fingerprint density at radius 2 is 2.50 bits per heavy atom. The largest absolute Gasteiger partial charge is 0.350 e. The van der Waals surface area contributed by atoms with E-state index >= 15 is 0 Å². The first-order chi connectivity index (χ1) is 2.77. The lowest BCUT2D eigenvalue weighted by atomic mass is 11.2. The summed E-state index contributed by atoms with van der Waals surface area (Å²) in [6, 6.07) is -1.06. The monoisotopic (exact) mass is 94.0 g/mol. The molecule has 0 aliphatic heterocycles. The van der Waals surface area contributed by atoms with Gasteiger partial charge in [0.1, 0.15) is 0 Å². The molecule has 0 radical (unpaired) electrons. The third-order valence-electron chi connectivity index (χ3n) is 0.139. The molecule has 0 spiro atoms. The average molecular weight is 94.0 g/mol. The molecule has 0 aromatic heterocycles. The van der Waals surface area contributed by atoms with Gasteiger partial charge in [0.05, 0.1) is 0 Å². The molecular weight excluding hydrogens is 91.0 g/mol. The number of amides is 2. The van der Waals surface area contributed by atoms with Crippen LogP contribution < -0.4 is 11.2 Å². The van der Waals surface area contributed by atoms with Crippen LogP contribution in [-0.2, 0) is 5.04 Å². The van der Waals surface area contributed by atoms with E-state index in [0.29, 0.717) is 0 Å². The Kier molecular flexibility index (Phi) is 2.06. The van der Waals surface area contributed by atoms with Crippen LogP contribution in [0.5, 0.6) is 0 Å². The number of nitrogens with two attached hydrogens (primary N) is 1. The van der Waals surface area contributed by atoms with Crippen LogP contribution in [0.25, 0.3) is 0 Å². The lowest BCUT2D eigenvalue weighted by molar-refractivity contribution is -0.173. The summed E-state index contributed by atoms with van der Waals surface area (Å²) in [7, 11) is 0. The normalized spacial score (nSPS) is 7.50. The lowest BCUT2D eigenvalue weighted by Gasteiger charge is -1.84. The number of nitrogens with one attached hydrogen (secondary N) is 1. The van der Waals surface area contributed by atoms with Crippen LogP contribution in [0.2, 0.25) is 0 Å². The summed E-state index contributed by atoms with van der Waals surface area (Å²) in [6.07, 6.45) is 0. The second kappa shape index (κ2) is 2.40. The number of urea groups is 1. The second-order valence-electron chi connectivity index (χ2n) is 0.543. The molecule has 2 amide bonds. The molecule has 0 aromatic carbocycles. The van der Waals surface area contributed by atoms with Gasteiger partial charge in [-0.3, -0.25) is 0 Å². The van der Waals surface area contributed by atoms with E-state index < -0.39 is 6.03 Å². The van der Waals surface area contributed by atoms with Crippen LogP contribution in [0.4, 0.5) is 9.32 Å². The zero-order valence-corrected chi connectivity index (χ0v) is 2.77. The van der Waals surface area contributed by atoms with Crippen molar-refractivity contribution in [1.82, 2.24) is 5.48 Å². The zero-order valence-electron chi connectivity index (χ0n) is 2.77. The molecule has 36 valence electrons. The van der Waals surface area contributed by atoms with Crippen molar-refractivity contribution in [3.05, 3.63) is 0 Å². The van der Waals surface area contributed by atoms with E-state index in [2.05, 4.69) is 10.8 Å². The quantitative estimate of drug-likeness (QED) is 0.429. The molecule has 0 rings (SSSR count). The van der Waals surface area contributed by atoms with Gasteiger partial charge >= 0.3 is 6.03 Å². The number of primary amides is 1. The van der Waals surface area contributed by atoms with E-state index in [0.717, 1.165) is 0 Å². The van der Waals surface area contributed by atoms with Crippen LogP contribution in [-0.4, -0.2) is 6.03 Å². The van der Waals surface area contributed by atoms with Crippen LogP contribution in [0.3, 0.4) is 0 Å². The third-order valence-corrected chi connectivity index (χ3v) is 0.139. The van der Waals surface area contributed by atoms with Crippen LogP contribution in [0, 0.1) is 0 Å². The maximum absolute atomic E-state index is 10.3. The van der Waals surface area contributed by atoms with Crippen molar-refractivity contribution in [3.8, 4) is 0 Å². The molecule has 4 nitrogen and oxygen atoms in total. The van der Waals surface area contributed by atoms with Crippen LogP contribution in [0.1, 0.15) is 0 Å². The number of rotatable bonds is 1. The van der Waals surface area contributed by atoms with Crippen molar-refractivity contribution < 1.29 is 14.4 Å². The summed E-state index contributed by atoms with van der Waals surface area (Å²) in [4.78, 5) is 9.35. The van der Waals surface area contributed by atoms with E-state index in [9.17, 15) is 9.32 Å². The molecule has 0 saturated heterocycles. The van der Waals surface area contributed by atoms with Crippen molar-refractivity contribution >= 4 is 6.03 Å². The molecule has 0 aliphatic rings. The summed E-state index contributed by atoms with van der Waals surface area (Å²) >= 11 is 0. The molecule has 0 bridgehead atoms. The summed E-state index contributed by atoms with van der Waals surface area (Å²) < 4.78 is 10.3. The van der Waals surface area contributed by atoms with Gasteiger partial charge in [0, 0.05) is 0 Å². The number of carbonyl (C=O) groups excluding carboxylic acids is 1. The summed E-state index contributed by atoms with van der Waals surface area (Å²) in [5.41, 5.74) is 5.47. The van der Waals surface area contributed by atoms with Gasteiger partial charge < -0.3 is 5.73 Å². The maximum atomic E-state index is 10.3. The Balaban J connectivity index is 2.83. The highest BCUT2D eigenvalue weighted by Gasteiger charge is 1.83. The molecule has 6 heavy (non-hydrogen) atoms. The molecule has 0 aliphatic carbocycles. The predicted molar refractivity (Wildman–Crippen MR) is 14.9 cm³/mol. The fraction of sp³-hybridized carbons (Fsp3) is 0. The Hall–Kier alpha value is -0.840. The Morgan fingerprint density at radius 3 is 2.50 bits per heavy atom. The minimum absolute atomic E-state index is 1.06. The standard InChI is InChI=1S/CH3FN2O2/c2-6-4-1(3)5/h(H3,3,4,5). The van der Waals surface area contributed by atoms with Gasteiger partial charge in [-0.05, 0) is 4.53 Å². The van der Waals surface area contributed by atoms with E-state index in [1.807, 2.05) is 0 Å². The van der Waals surface area contributed by atoms with Gasteiger partial charge in [-0.15, -0.1) is 0 Å². The van der Waals surface area contributed by atoms with E-state index in [-0.39, 0.29) is 0 Å². The smallest absolute Gasteiger partial charge is 0.338 e. The van der Waals surface area contributed by atoms with Crippen molar-refractivity contribution in [2.75, 3.05) is 0 Å². The highest BCUT2D eigenvalue weighted by atomic mass is 19.3. The zero-order chi connectivity index (χ0) is 4.99. The molecule has 0 atom stereocenters. The number of halogens is 1. The summed E-state index contributed by atoms with van der Waals surface area (Å²) in [5, 5.41) is 2.58. The van der Waals surface area contributed by atoms with Crippen LogP contribution in [0.15, 0.2) is 0 Å². The Labute approximate surface area is 32.9 Å². The topological polar surface area (TPSA) is 64.4 Å². The molecule has 3 N–H and O–H groups in total.